The maximum absolute atomic E-state index is 10.5. The van der Waals surface area contributed by atoms with Crippen molar-refractivity contribution in [2.75, 3.05) is 0 Å². The van der Waals surface area contributed by atoms with Gasteiger partial charge in [-0.1, -0.05) is 50.5 Å². The van der Waals surface area contributed by atoms with Crippen molar-refractivity contribution < 1.29 is 15.0 Å². The standard InChI is InChI=1S/C20H32O3S2/c1-2-3-6-9-15(21)12-13-17-16(18-14-20(24-17)25-18)10-7-4-5-8-11-19(22)23/h4,7,12-13,15-18,20-21H,2-3,5-6,8-11,14H2,1H3,(H,22,23)/t15-,16+,17?,18-,20+/m0/s1. The lowest BCUT2D eigenvalue weighted by Gasteiger charge is -2.49. The number of allylic oxidation sites excluding steroid dienone is 2. The Kier molecular flexibility index (Phi) is 9.50. The number of hydrogen-bond acceptors (Lipinski definition) is 4. The summed E-state index contributed by atoms with van der Waals surface area (Å²) < 4.78 is 0.743. The van der Waals surface area contributed by atoms with Gasteiger partial charge in [0.15, 0.2) is 0 Å². The molecule has 5 heteroatoms. The van der Waals surface area contributed by atoms with Crippen molar-refractivity contribution in [1.29, 1.82) is 0 Å². The third-order valence-electron chi connectivity index (χ3n) is 4.92. The molecule has 2 N–H and O–H groups in total. The van der Waals surface area contributed by atoms with Gasteiger partial charge in [-0.3, -0.25) is 4.79 Å². The molecule has 3 rings (SSSR count). The minimum absolute atomic E-state index is 0.255. The molecule has 3 aliphatic rings. The van der Waals surface area contributed by atoms with Crippen LogP contribution < -0.4 is 0 Å². The van der Waals surface area contributed by atoms with Gasteiger partial charge in [0.25, 0.3) is 0 Å². The number of aliphatic hydroxyl groups is 1. The molecule has 142 valence electrons. The van der Waals surface area contributed by atoms with Gasteiger partial charge in [-0.05, 0) is 38.0 Å². The third kappa shape index (κ3) is 7.40. The predicted octanol–water partition coefficient (Wildman–Crippen LogP) is 5.25. The van der Waals surface area contributed by atoms with Gasteiger partial charge in [0.2, 0.25) is 0 Å². The Morgan fingerprint density at radius 3 is 2.76 bits per heavy atom. The Balaban J connectivity index is 1.76. The minimum Gasteiger partial charge on any atom is -0.481 e. The summed E-state index contributed by atoms with van der Waals surface area (Å²) in [6, 6.07) is 0. The molecule has 0 amide bonds. The average molecular weight is 385 g/mol. The molecule has 5 atom stereocenters. The van der Waals surface area contributed by atoms with Crippen LogP contribution in [0.25, 0.3) is 0 Å². The molecular weight excluding hydrogens is 352 g/mol. The monoisotopic (exact) mass is 384 g/mol. The molecule has 0 spiro atoms. The van der Waals surface area contributed by atoms with Crippen LogP contribution >= 0.6 is 23.5 Å². The fourth-order valence-electron chi connectivity index (χ4n) is 3.38. The van der Waals surface area contributed by atoms with Crippen LogP contribution in [-0.4, -0.2) is 37.4 Å². The van der Waals surface area contributed by atoms with Crippen molar-refractivity contribution in [2.24, 2.45) is 5.92 Å². The summed E-state index contributed by atoms with van der Waals surface area (Å²) in [6.45, 7) is 2.19. The van der Waals surface area contributed by atoms with E-state index in [1.165, 1.54) is 19.3 Å². The lowest BCUT2D eigenvalue weighted by Crippen LogP contribution is -2.43. The molecule has 0 aromatic carbocycles. The number of aliphatic carboxylic acids is 1. The number of unbranched alkanes of at least 4 members (excludes halogenated alkanes) is 3. The van der Waals surface area contributed by atoms with E-state index in [2.05, 4.69) is 48.7 Å². The SMILES string of the molecule is CCCCC[C@H](O)C=CC1S[C@H]2C[C@H](S2)[C@@H]1CC=CCCCC(=O)O. The molecule has 3 fully saturated rings. The van der Waals surface area contributed by atoms with E-state index in [4.69, 9.17) is 5.11 Å². The molecule has 3 heterocycles. The molecule has 0 aliphatic carbocycles. The van der Waals surface area contributed by atoms with E-state index in [-0.39, 0.29) is 12.5 Å². The molecule has 1 unspecified atom stereocenters. The Morgan fingerprint density at radius 1 is 1.24 bits per heavy atom. The second-order valence-corrected chi connectivity index (χ2v) is 10.2. The van der Waals surface area contributed by atoms with E-state index in [1.54, 1.807) is 0 Å². The molecule has 0 aromatic heterocycles. The molecule has 0 aromatic rings. The van der Waals surface area contributed by atoms with Gasteiger partial charge in [-0.25, -0.2) is 0 Å². The largest absolute Gasteiger partial charge is 0.481 e. The smallest absolute Gasteiger partial charge is 0.303 e. The second kappa shape index (κ2) is 11.3. The second-order valence-electron chi connectivity index (χ2n) is 7.05. The highest BCUT2D eigenvalue weighted by atomic mass is 32.2. The molecular formula is C20H32O3S2. The van der Waals surface area contributed by atoms with E-state index < -0.39 is 5.97 Å². The van der Waals surface area contributed by atoms with Crippen LogP contribution in [0.5, 0.6) is 0 Å². The van der Waals surface area contributed by atoms with Gasteiger partial charge in [0, 0.05) is 16.9 Å². The molecule has 3 aliphatic heterocycles. The van der Waals surface area contributed by atoms with Gasteiger partial charge in [0.1, 0.15) is 0 Å². The highest BCUT2D eigenvalue weighted by Gasteiger charge is 2.45. The normalized spacial score (nSPS) is 29.8. The first kappa shape index (κ1) is 20.9. The van der Waals surface area contributed by atoms with Gasteiger partial charge in [-0.15, -0.1) is 23.5 Å². The fraction of sp³-hybridized carbons (Fsp3) is 0.750. The van der Waals surface area contributed by atoms with Crippen LogP contribution in [0.15, 0.2) is 24.3 Å². The van der Waals surface area contributed by atoms with Gasteiger partial charge in [0.05, 0.1) is 10.7 Å². The number of rotatable bonds is 12. The van der Waals surface area contributed by atoms with Crippen molar-refractivity contribution in [3.05, 3.63) is 24.3 Å². The molecule has 2 bridgehead atoms. The van der Waals surface area contributed by atoms with Crippen LogP contribution in [0, 0.1) is 5.92 Å². The topological polar surface area (TPSA) is 57.5 Å². The van der Waals surface area contributed by atoms with Crippen molar-refractivity contribution in [1.82, 2.24) is 0 Å². The number of fused-ring (bicyclic) bond motifs is 2. The Labute approximate surface area is 160 Å². The summed E-state index contributed by atoms with van der Waals surface area (Å²) in [4.78, 5) is 10.5. The van der Waals surface area contributed by atoms with Crippen molar-refractivity contribution >= 4 is 29.5 Å². The van der Waals surface area contributed by atoms with Crippen molar-refractivity contribution in [2.45, 2.75) is 85.9 Å². The van der Waals surface area contributed by atoms with E-state index >= 15 is 0 Å². The highest BCUT2D eigenvalue weighted by Crippen LogP contribution is 2.57. The number of carbonyl (C=O) groups is 1. The Hall–Kier alpha value is -0.390. The van der Waals surface area contributed by atoms with E-state index in [0.717, 1.165) is 41.9 Å². The summed E-state index contributed by atoms with van der Waals surface area (Å²) in [6.07, 6.45) is 16.9. The van der Waals surface area contributed by atoms with Gasteiger partial charge < -0.3 is 10.2 Å². The summed E-state index contributed by atoms with van der Waals surface area (Å²) in [7, 11) is 0. The number of hydrogen-bond donors (Lipinski definition) is 2. The zero-order valence-corrected chi connectivity index (χ0v) is 16.8. The number of carboxylic acid groups (broad SMARTS) is 1. The molecule has 3 nitrogen and oxygen atoms in total. The number of aliphatic hydroxyl groups excluding tert-OH is 1. The van der Waals surface area contributed by atoms with E-state index in [0.29, 0.717) is 11.2 Å². The number of thioether (sulfide) groups is 2. The molecule has 0 radical (unpaired) electrons. The lowest BCUT2D eigenvalue weighted by molar-refractivity contribution is -0.137. The molecule has 0 saturated carbocycles. The third-order valence-corrected chi connectivity index (χ3v) is 8.29. The van der Waals surface area contributed by atoms with E-state index in [1.807, 2.05) is 6.08 Å². The molecule has 25 heavy (non-hydrogen) atoms. The van der Waals surface area contributed by atoms with Gasteiger partial charge >= 0.3 is 5.97 Å². The number of carboxylic acids is 1. The van der Waals surface area contributed by atoms with Crippen LogP contribution in [0.2, 0.25) is 0 Å². The zero-order valence-electron chi connectivity index (χ0n) is 15.2. The fourth-order valence-corrected chi connectivity index (χ4v) is 7.16. The van der Waals surface area contributed by atoms with Crippen LogP contribution in [0.1, 0.15) is 64.7 Å². The predicted molar refractivity (Wildman–Crippen MR) is 109 cm³/mol. The van der Waals surface area contributed by atoms with Crippen molar-refractivity contribution in [3.63, 3.8) is 0 Å². The van der Waals surface area contributed by atoms with Crippen LogP contribution in [0.3, 0.4) is 0 Å². The average Bonchev–Trinajstić information content (AvgIpc) is 2.55. The summed E-state index contributed by atoms with van der Waals surface area (Å²) in [5.74, 6) is -0.0773. The summed E-state index contributed by atoms with van der Waals surface area (Å²) in [5.41, 5.74) is 0. The summed E-state index contributed by atoms with van der Waals surface area (Å²) >= 11 is 4.16. The maximum Gasteiger partial charge on any atom is 0.303 e. The Bertz CT molecular complexity index is 458. The van der Waals surface area contributed by atoms with Crippen molar-refractivity contribution in [3.8, 4) is 0 Å². The first-order valence-electron chi connectivity index (χ1n) is 9.64. The quantitative estimate of drug-likeness (QED) is 0.355. The lowest BCUT2D eigenvalue weighted by atomic mass is 9.92. The minimum atomic E-state index is -0.711. The van der Waals surface area contributed by atoms with Crippen LogP contribution in [-0.2, 0) is 4.79 Å². The first-order chi connectivity index (χ1) is 12.1. The van der Waals surface area contributed by atoms with Gasteiger partial charge in [-0.2, -0.15) is 0 Å². The maximum atomic E-state index is 10.5. The Morgan fingerprint density at radius 2 is 2.04 bits per heavy atom. The van der Waals surface area contributed by atoms with E-state index in [9.17, 15) is 9.90 Å². The molecule has 3 saturated heterocycles. The van der Waals surface area contributed by atoms with Crippen LogP contribution in [0.4, 0.5) is 0 Å². The first-order valence-corrected chi connectivity index (χ1v) is 11.5. The summed E-state index contributed by atoms with van der Waals surface area (Å²) in [5, 5.41) is 20.0. The highest BCUT2D eigenvalue weighted by molar-refractivity contribution is 8.19. The zero-order chi connectivity index (χ0) is 18.1.